The Kier molecular flexibility index (Phi) is 3.36. The molecule has 2 aromatic heterocycles. The normalized spacial score (nSPS) is 9.88. The van der Waals surface area contributed by atoms with Gasteiger partial charge in [-0.15, -0.1) is 0 Å². The van der Waals surface area contributed by atoms with Crippen LogP contribution in [0.3, 0.4) is 0 Å². The van der Waals surface area contributed by atoms with Crippen molar-refractivity contribution in [3.8, 4) is 6.07 Å². The minimum atomic E-state index is 0.563. The van der Waals surface area contributed by atoms with Gasteiger partial charge in [-0.3, -0.25) is 4.68 Å². The predicted molar refractivity (Wildman–Crippen MR) is 64.4 cm³/mol. The molecule has 0 aliphatic heterocycles. The van der Waals surface area contributed by atoms with E-state index < -0.39 is 0 Å². The van der Waals surface area contributed by atoms with Gasteiger partial charge in [-0.25, -0.2) is 4.98 Å². The van der Waals surface area contributed by atoms with Crippen LogP contribution in [0, 0.1) is 11.3 Å². The summed E-state index contributed by atoms with van der Waals surface area (Å²) in [6.07, 6.45) is 4.39. The van der Waals surface area contributed by atoms with Crippen molar-refractivity contribution in [1.82, 2.24) is 14.8 Å². The van der Waals surface area contributed by atoms with Gasteiger partial charge in [0.25, 0.3) is 0 Å². The van der Waals surface area contributed by atoms with Gasteiger partial charge in [0.15, 0.2) is 0 Å². The molecular weight excluding hydrogens is 214 g/mol. The Balaban J connectivity index is 1.92. The molecule has 86 valence electrons. The number of hydrogen-bond donors (Lipinski definition) is 1. The fourth-order valence-electron chi connectivity index (χ4n) is 1.54. The van der Waals surface area contributed by atoms with Crippen molar-refractivity contribution in [2.45, 2.75) is 6.42 Å². The third-order valence-electron chi connectivity index (χ3n) is 2.37. The van der Waals surface area contributed by atoms with Gasteiger partial charge < -0.3 is 5.32 Å². The Labute approximate surface area is 99.7 Å². The number of hydrogen-bond acceptors (Lipinski definition) is 4. The van der Waals surface area contributed by atoms with Crippen molar-refractivity contribution < 1.29 is 0 Å². The Hall–Kier alpha value is -2.35. The van der Waals surface area contributed by atoms with Crippen LogP contribution in [-0.4, -0.2) is 21.3 Å². The first kappa shape index (κ1) is 11.1. The fraction of sp³-hybridized carbons (Fsp3) is 0.250. The molecule has 0 unspecified atom stereocenters. The Morgan fingerprint density at radius 2 is 2.35 bits per heavy atom. The maximum absolute atomic E-state index is 8.89. The number of nitrogens with zero attached hydrogens (tertiary/aromatic N) is 4. The molecule has 5 nitrogen and oxygen atoms in total. The third-order valence-corrected chi connectivity index (χ3v) is 2.37. The number of anilines is 1. The van der Waals surface area contributed by atoms with Crippen molar-refractivity contribution in [1.29, 1.82) is 5.26 Å². The summed E-state index contributed by atoms with van der Waals surface area (Å²) in [5, 5.41) is 16.3. The highest BCUT2D eigenvalue weighted by atomic mass is 15.2. The molecule has 0 radical (unpaired) electrons. The second-order valence-corrected chi connectivity index (χ2v) is 3.67. The van der Waals surface area contributed by atoms with Crippen LogP contribution >= 0.6 is 0 Å². The molecule has 0 aromatic carbocycles. The average Bonchev–Trinajstić information content (AvgIpc) is 2.76. The zero-order valence-corrected chi connectivity index (χ0v) is 9.59. The summed E-state index contributed by atoms with van der Waals surface area (Å²) in [4.78, 5) is 4.13. The van der Waals surface area contributed by atoms with Crippen molar-refractivity contribution in [2.24, 2.45) is 7.05 Å². The molecule has 0 fully saturated rings. The molecule has 5 heteroatoms. The van der Waals surface area contributed by atoms with Crippen molar-refractivity contribution >= 4 is 5.82 Å². The van der Waals surface area contributed by atoms with Crippen LogP contribution in [0.15, 0.2) is 30.6 Å². The summed E-state index contributed by atoms with van der Waals surface area (Å²) < 4.78 is 1.77. The highest BCUT2D eigenvalue weighted by Gasteiger charge is 2.02. The predicted octanol–water partition coefficient (Wildman–Crippen LogP) is 1.34. The molecule has 0 aliphatic rings. The summed E-state index contributed by atoms with van der Waals surface area (Å²) in [5.41, 5.74) is 1.59. The molecule has 2 rings (SSSR count). The van der Waals surface area contributed by atoms with Crippen LogP contribution in [0.25, 0.3) is 0 Å². The largest absolute Gasteiger partial charge is 0.369 e. The van der Waals surface area contributed by atoms with Gasteiger partial charge in [-0.05, 0) is 18.2 Å². The summed E-state index contributed by atoms with van der Waals surface area (Å²) >= 11 is 0. The number of nitriles is 1. The highest BCUT2D eigenvalue weighted by molar-refractivity contribution is 5.51. The van der Waals surface area contributed by atoms with Crippen LogP contribution < -0.4 is 5.32 Å². The molecule has 0 aliphatic carbocycles. The number of pyridine rings is 1. The molecule has 0 atom stereocenters. The molecule has 1 N–H and O–H groups in total. The zero-order valence-electron chi connectivity index (χ0n) is 9.59. The molecule has 0 saturated heterocycles. The van der Waals surface area contributed by atoms with Gasteiger partial charge in [-0.2, -0.15) is 10.4 Å². The summed E-state index contributed by atoms with van der Waals surface area (Å²) in [6, 6.07) is 7.58. The lowest BCUT2D eigenvalue weighted by Gasteiger charge is -2.05. The van der Waals surface area contributed by atoms with Crippen LogP contribution in [0.2, 0.25) is 0 Å². The summed E-state index contributed by atoms with van der Waals surface area (Å²) in [6.45, 7) is 0.711. The first-order chi connectivity index (χ1) is 8.29. The van der Waals surface area contributed by atoms with Crippen LogP contribution in [-0.2, 0) is 13.5 Å². The maximum atomic E-state index is 8.89. The standard InChI is InChI=1S/C12H13N5/c1-17-8-5-11(16-17)4-7-15-12-10(9-13)3-2-6-14-12/h2-3,5-6,8H,4,7H2,1H3,(H,14,15). The van der Waals surface area contributed by atoms with E-state index in [1.54, 1.807) is 23.0 Å². The second-order valence-electron chi connectivity index (χ2n) is 3.67. The smallest absolute Gasteiger partial charge is 0.143 e. The lowest BCUT2D eigenvalue weighted by atomic mass is 10.2. The quantitative estimate of drug-likeness (QED) is 0.856. The molecule has 0 bridgehead atoms. The Morgan fingerprint density at radius 3 is 3.06 bits per heavy atom. The van der Waals surface area contributed by atoms with Crippen molar-refractivity contribution in [3.63, 3.8) is 0 Å². The second kappa shape index (κ2) is 5.12. The molecule has 17 heavy (non-hydrogen) atoms. The van der Waals surface area contributed by atoms with E-state index in [1.165, 1.54) is 0 Å². The van der Waals surface area contributed by atoms with E-state index in [4.69, 9.17) is 5.26 Å². The van der Waals surface area contributed by atoms with Gasteiger partial charge in [0, 0.05) is 32.4 Å². The minimum absolute atomic E-state index is 0.563. The SMILES string of the molecule is Cn1ccc(CCNc2ncccc2C#N)n1. The first-order valence-corrected chi connectivity index (χ1v) is 5.37. The highest BCUT2D eigenvalue weighted by Crippen LogP contribution is 2.09. The van der Waals surface area contributed by atoms with Crippen LogP contribution in [0.5, 0.6) is 0 Å². The van der Waals surface area contributed by atoms with E-state index in [9.17, 15) is 0 Å². The topological polar surface area (TPSA) is 66.5 Å². The van der Waals surface area contributed by atoms with Gasteiger partial charge in [0.05, 0.1) is 11.3 Å². The van der Waals surface area contributed by atoms with E-state index in [2.05, 4.69) is 21.5 Å². The summed E-state index contributed by atoms with van der Waals surface area (Å²) in [5.74, 6) is 0.630. The molecule has 0 saturated carbocycles. The molecule has 2 heterocycles. The van der Waals surface area contributed by atoms with Crippen molar-refractivity contribution in [3.05, 3.63) is 41.9 Å². The van der Waals surface area contributed by atoms with Crippen molar-refractivity contribution in [2.75, 3.05) is 11.9 Å². The zero-order chi connectivity index (χ0) is 12.1. The monoisotopic (exact) mass is 227 g/mol. The van der Waals surface area contributed by atoms with E-state index in [0.29, 0.717) is 17.9 Å². The van der Waals surface area contributed by atoms with Gasteiger partial charge >= 0.3 is 0 Å². The molecule has 2 aromatic rings. The first-order valence-electron chi connectivity index (χ1n) is 5.37. The van der Waals surface area contributed by atoms with E-state index in [1.807, 2.05) is 19.3 Å². The third kappa shape index (κ3) is 2.82. The minimum Gasteiger partial charge on any atom is -0.369 e. The lowest BCUT2D eigenvalue weighted by molar-refractivity contribution is 0.742. The van der Waals surface area contributed by atoms with Crippen LogP contribution in [0.1, 0.15) is 11.3 Å². The number of aromatic nitrogens is 3. The molecular formula is C12H13N5. The number of nitrogens with one attached hydrogen (secondary N) is 1. The molecule has 0 amide bonds. The van der Waals surface area contributed by atoms with Gasteiger partial charge in [0.1, 0.15) is 11.9 Å². The summed E-state index contributed by atoms with van der Waals surface area (Å²) in [7, 11) is 1.89. The fourth-order valence-corrected chi connectivity index (χ4v) is 1.54. The van der Waals surface area contributed by atoms with E-state index in [-0.39, 0.29) is 0 Å². The maximum Gasteiger partial charge on any atom is 0.143 e. The number of rotatable bonds is 4. The lowest BCUT2D eigenvalue weighted by Crippen LogP contribution is -2.08. The Bertz CT molecular complexity index is 538. The molecule has 0 spiro atoms. The van der Waals surface area contributed by atoms with E-state index >= 15 is 0 Å². The Morgan fingerprint density at radius 1 is 1.47 bits per heavy atom. The van der Waals surface area contributed by atoms with E-state index in [0.717, 1.165) is 12.1 Å². The average molecular weight is 227 g/mol. The van der Waals surface area contributed by atoms with Crippen LogP contribution in [0.4, 0.5) is 5.82 Å². The van der Waals surface area contributed by atoms with Gasteiger partial charge in [-0.1, -0.05) is 0 Å². The number of aryl methyl sites for hydroxylation is 1. The van der Waals surface area contributed by atoms with Gasteiger partial charge in [0.2, 0.25) is 0 Å².